The van der Waals surface area contributed by atoms with Crippen LogP contribution >= 0.6 is 0 Å². The molecule has 0 N–H and O–H groups in total. The van der Waals surface area contributed by atoms with Crippen LogP contribution in [0.1, 0.15) is 18.9 Å². The Balaban J connectivity index is 2.17. The van der Waals surface area contributed by atoms with Crippen LogP contribution < -0.4 is 0 Å². The lowest BCUT2D eigenvalue weighted by atomic mass is 10.1. The lowest BCUT2D eigenvalue weighted by Gasteiger charge is -2.05. The molecule has 3 nitrogen and oxygen atoms in total. The summed E-state index contributed by atoms with van der Waals surface area (Å²) in [7, 11) is 0. The van der Waals surface area contributed by atoms with Gasteiger partial charge in [0.25, 0.3) is 0 Å². The maximum atomic E-state index is 12.6. The summed E-state index contributed by atoms with van der Waals surface area (Å²) in [5, 5.41) is 0. The summed E-state index contributed by atoms with van der Waals surface area (Å²) in [5.74, 6) is -0.526. The molecule has 4 heteroatoms. The van der Waals surface area contributed by atoms with Gasteiger partial charge in [0.1, 0.15) is 12.4 Å². The molecule has 1 rings (SSSR count). The first-order chi connectivity index (χ1) is 8.22. The van der Waals surface area contributed by atoms with Crippen molar-refractivity contribution in [2.75, 3.05) is 19.8 Å². The fourth-order valence-corrected chi connectivity index (χ4v) is 1.33. The highest BCUT2D eigenvalue weighted by atomic mass is 19.1. The molecule has 94 valence electrons. The minimum atomic E-state index is -0.270. The molecule has 1 aromatic carbocycles. The fourth-order valence-electron chi connectivity index (χ4n) is 1.33. The maximum absolute atomic E-state index is 12.6. The van der Waals surface area contributed by atoms with Gasteiger partial charge in [-0.15, -0.1) is 0 Å². The molecule has 0 radical (unpaired) electrons. The monoisotopic (exact) mass is 240 g/mol. The van der Waals surface area contributed by atoms with E-state index in [1.54, 1.807) is 12.1 Å². The van der Waals surface area contributed by atoms with E-state index in [0.29, 0.717) is 26.1 Å². The van der Waals surface area contributed by atoms with Gasteiger partial charge in [-0.05, 0) is 31.0 Å². The number of ether oxygens (including phenoxy) is 2. The zero-order valence-electron chi connectivity index (χ0n) is 9.95. The molecule has 0 saturated carbocycles. The number of carbonyl (C=O) groups is 1. The normalized spacial score (nSPS) is 10.2. The van der Waals surface area contributed by atoms with E-state index in [-0.39, 0.29) is 18.4 Å². The summed E-state index contributed by atoms with van der Waals surface area (Å²) in [6.07, 6.45) is 0.867. The first-order valence-electron chi connectivity index (χ1n) is 5.70. The second-order valence-corrected chi connectivity index (χ2v) is 3.54. The molecule has 0 bridgehead atoms. The smallest absolute Gasteiger partial charge is 0.306 e. The van der Waals surface area contributed by atoms with Gasteiger partial charge in [0, 0.05) is 13.0 Å². The van der Waals surface area contributed by atoms with Crippen molar-refractivity contribution in [2.24, 2.45) is 0 Å². The minimum absolute atomic E-state index is 0.256. The fraction of sp³-hybridized carbons (Fsp3) is 0.462. The van der Waals surface area contributed by atoms with Crippen LogP contribution in [0.2, 0.25) is 0 Å². The standard InChI is InChI=1S/C13H17FO3/c1-2-16-9-10-17-13(15)8-5-11-3-6-12(14)7-4-11/h3-4,6-7H,2,5,8-10H2,1H3. The Hall–Kier alpha value is -1.42. The molecule has 17 heavy (non-hydrogen) atoms. The van der Waals surface area contributed by atoms with Crippen molar-refractivity contribution in [1.82, 2.24) is 0 Å². The Kier molecular flexibility index (Phi) is 6.25. The summed E-state index contributed by atoms with van der Waals surface area (Å²) in [6.45, 7) is 3.22. The van der Waals surface area contributed by atoms with E-state index in [0.717, 1.165) is 5.56 Å². The van der Waals surface area contributed by atoms with E-state index in [1.165, 1.54) is 12.1 Å². The van der Waals surface area contributed by atoms with E-state index in [4.69, 9.17) is 9.47 Å². The second kappa shape index (κ2) is 7.79. The molecule has 0 atom stereocenters. The molecule has 1 aromatic rings. The third-order valence-electron chi connectivity index (χ3n) is 2.23. The molecular formula is C13H17FO3. The van der Waals surface area contributed by atoms with E-state index < -0.39 is 0 Å². The average molecular weight is 240 g/mol. The third-order valence-corrected chi connectivity index (χ3v) is 2.23. The number of carbonyl (C=O) groups excluding carboxylic acids is 1. The quantitative estimate of drug-likeness (QED) is 0.542. The van der Waals surface area contributed by atoms with E-state index >= 15 is 0 Å². The van der Waals surface area contributed by atoms with Crippen molar-refractivity contribution in [3.63, 3.8) is 0 Å². The van der Waals surface area contributed by atoms with Crippen LogP contribution in [-0.2, 0) is 20.7 Å². The molecule has 0 aliphatic carbocycles. The van der Waals surface area contributed by atoms with E-state index in [1.807, 2.05) is 6.92 Å². The van der Waals surface area contributed by atoms with Crippen molar-refractivity contribution in [2.45, 2.75) is 19.8 Å². The lowest BCUT2D eigenvalue weighted by Crippen LogP contribution is -2.11. The molecule has 0 amide bonds. The number of aryl methyl sites for hydroxylation is 1. The summed E-state index contributed by atoms with van der Waals surface area (Å²) in [5.41, 5.74) is 0.924. The van der Waals surface area contributed by atoms with Gasteiger partial charge < -0.3 is 9.47 Å². The molecule has 0 spiro atoms. The van der Waals surface area contributed by atoms with Crippen LogP contribution in [0.3, 0.4) is 0 Å². The number of hydrogen-bond acceptors (Lipinski definition) is 3. The number of benzene rings is 1. The van der Waals surface area contributed by atoms with Crippen molar-refractivity contribution in [1.29, 1.82) is 0 Å². The second-order valence-electron chi connectivity index (χ2n) is 3.54. The highest BCUT2D eigenvalue weighted by Gasteiger charge is 2.03. The zero-order valence-corrected chi connectivity index (χ0v) is 9.95. The van der Waals surface area contributed by atoms with Crippen molar-refractivity contribution >= 4 is 5.97 Å². The summed E-state index contributed by atoms with van der Waals surface area (Å²) in [4.78, 5) is 11.3. The van der Waals surface area contributed by atoms with E-state index in [9.17, 15) is 9.18 Å². The van der Waals surface area contributed by atoms with Gasteiger partial charge in [0.2, 0.25) is 0 Å². The molecule has 0 fully saturated rings. The molecule has 0 aliphatic rings. The number of rotatable bonds is 7. The highest BCUT2D eigenvalue weighted by Crippen LogP contribution is 2.05. The molecule has 0 heterocycles. The largest absolute Gasteiger partial charge is 0.463 e. The first-order valence-corrected chi connectivity index (χ1v) is 5.70. The van der Waals surface area contributed by atoms with Crippen molar-refractivity contribution in [3.05, 3.63) is 35.6 Å². The molecular weight excluding hydrogens is 223 g/mol. The third kappa shape index (κ3) is 6.02. The molecule has 0 saturated heterocycles. The number of halogens is 1. The predicted octanol–water partition coefficient (Wildman–Crippen LogP) is 2.34. The first kappa shape index (κ1) is 13.6. The molecule has 0 unspecified atom stereocenters. The summed E-state index contributed by atoms with van der Waals surface area (Å²) >= 11 is 0. The van der Waals surface area contributed by atoms with Crippen LogP contribution in [0.4, 0.5) is 4.39 Å². The van der Waals surface area contributed by atoms with Gasteiger partial charge in [-0.1, -0.05) is 12.1 Å². The van der Waals surface area contributed by atoms with Gasteiger partial charge >= 0.3 is 5.97 Å². The van der Waals surface area contributed by atoms with Crippen molar-refractivity contribution < 1.29 is 18.7 Å². The Bertz CT molecular complexity index is 335. The lowest BCUT2D eigenvalue weighted by molar-refractivity contribution is -0.145. The van der Waals surface area contributed by atoms with Gasteiger partial charge in [-0.25, -0.2) is 4.39 Å². The highest BCUT2D eigenvalue weighted by molar-refractivity contribution is 5.69. The van der Waals surface area contributed by atoms with Crippen LogP contribution in [-0.4, -0.2) is 25.8 Å². The van der Waals surface area contributed by atoms with Gasteiger partial charge in [0.05, 0.1) is 6.61 Å². The SMILES string of the molecule is CCOCCOC(=O)CCc1ccc(F)cc1. The Labute approximate surface area is 101 Å². The number of hydrogen-bond donors (Lipinski definition) is 0. The average Bonchev–Trinajstić information content (AvgIpc) is 2.34. The minimum Gasteiger partial charge on any atom is -0.463 e. The Morgan fingerprint density at radius 2 is 1.94 bits per heavy atom. The summed E-state index contributed by atoms with van der Waals surface area (Å²) < 4.78 is 22.6. The van der Waals surface area contributed by atoms with Gasteiger partial charge in [-0.3, -0.25) is 4.79 Å². The Morgan fingerprint density at radius 1 is 1.24 bits per heavy atom. The van der Waals surface area contributed by atoms with Crippen molar-refractivity contribution in [3.8, 4) is 0 Å². The van der Waals surface area contributed by atoms with Gasteiger partial charge in [0.15, 0.2) is 0 Å². The number of esters is 1. The van der Waals surface area contributed by atoms with Gasteiger partial charge in [-0.2, -0.15) is 0 Å². The maximum Gasteiger partial charge on any atom is 0.306 e. The van der Waals surface area contributed by atoms with Crippen LogP contribution in [0.5, 0.6) is 0 Å². The summed E-state index contributed by atoms with van der Waals surface area (Å²) in [6, 6.07) is 6.11. The van der Waals surface area contributed by atoms with Crippen LogP contribution in [0.15, 0.2) is 24.3 Å². The molecule has 0 aliphatic heterocycles. The Morgan fingerprint density at radius 3 is 2.59 bits per heavy atom. The van der Waals surface area contributed by atoms with Crippen LogP contribution in [0, 0.1) is 5.82 Å². The molecule has 0 aromatic heterocycles. The zero-order chi connectivity index (χ0) is 12.5. The van der Waals surface area contributed by atoms with Crippen LogP contribution in [0.25, 0.3) is 0 Å². The van der Waals surface area contributed by atoms with E-state index in [2.05, 4.69) is 0 Å². The topological polar surface area (TPSA) is 35.5 Å². The predicted molar refractivity (Wildman–Crippen MR) is 62.2 cm³/mol.